The molecule has 1 aliphatic carbocycles. The molecule has 25 heavy (non-hydrogen) atoms. The Balaban J connectivity index is 1.80. The number of nitrogens with zero attached hydrogens (tertiary/aromatic N) is 1. The lowest BCUT2D eigenvalue weighted by Crippen LogP contribution is -2.54. The van der Waals surface area contributed by atoms with E-state index < -0.39 is 0 Å². The lowest BCUT2D eigenvalue weighted by atomic mass is 9.71. The molecule has 2 aliphatic heterocycles. The molecule has 2 heterocycles. The van der Waals surface area contributed by atoms with Gasteiger partial charge in [-0.05, 0) is 42.7 Å². The van der Waals surface area contributed by atoms with Gasteiger partial charge < -0.3 is 14.4 Å². The fourth-order valence-electron chi connectivity index (χ4n) is 4.41. The Bertz CT molecular complexity index is 774. The van der Waals surface area contributed by atoms with E-state index in [-0.39, 0.29) is 18.0 Å². The first-order valence-electron chi connectivity index (χ1n) is 8.81. The van der Waals surface area contributed by atoms with Crippen LogP contribution in [-0.2, 0) is 4.79 Å². The number of carbonyl (C=O) groups is 1. The molecule has 0 spiro atoms. The quantitative estimate of drug-likeness (QED) is 0.845. The van der Waals surface area contributed by atoms with Gasteiger partial charge in [-0.1, -0.05) is 24.3 Å². The maximum Gasteiger partial charge on any atom is 0.161 e. The number of hydrogen-bond acceptors (Lipinski definition) is 4. The van der Waals surface area contributed by atoms with Crippen LogP contribution in [0.5, 0.6) is 11.5 Å². The maximum absolute atomic E-state index is 12.6. The van der Waals surface area contributed by atoms with Crippen molar-refractivity contribution in [2.75, 3.05) is 19.1 Å². The van der Waals surface area contributed by atoms with E-state index in [9.17, 15) is 4.79 Å². The van der Waals surface area contributed by atoms with Crippen LogP contribution in [0.15, 0.2) is 48.5 Å². The summed E-state index contributed by atoms with van der Waals surface area (Å²) in [6, 6.07) is 16.8. The Labute approximate surface area is 148 Å². The second-order valence-corrected chi connectivity index (χ2v) is 6.81. The predicted octanol–water partition coefficient (Wildman–Crippen LogP) is 4.00. The summed E-state index contributed by atoms with van der Waals surface area (Å²) in [7, 11) is 3.29. The van der Waals surface area contributed by atoms with E-state index in [1.807, 2.05) is 18.2 Å². The van der Waals surface area contributed by atoms with Gasteiger partial charge in [0.05, 0.1) is 20.3 Å². The van der Waals surface area contributed by atoms with Gasteiger partial charge in [0.2, 0.25) is 0 Å². The fraction of sp³-hybridized carbons (Fsp3) is 0.381. The summed E-state index contributed by atoms with van der Waals surface area (Å²) in [5, 5.41) is 0. The van der Waals surface area contributed by atoms with E-state index in [0.717, 1.165) is 18.4 Å². The van der Waals surface area contributed by atoms with Crippen molar-refractivity contribution in [2.45, 2.75) is 31.3 Å². The van der Waals surface area contributed by atoms with Crippen molar-refractivity contribution < 1.29 is 14.3 Å². The summed E-state index contributed by atoms with van der Waals surface area (Å²) in [6.45, 7) is 0. The minimum atomic E-state index is 0.0447. The minimum Gasteiger partial charge on any atom is -0.493 e. The van der Waals surface area contributed by atoms with Crippen LogP contribution < -0.4 is 14.4 Å². The summed E-state index contributed by atoms with van der Waals surface area (Å²) in [4.78, 5) is 15.1. The van der Waals surface area contributed by atoms with Crippen molar-refractivity contribution in [2.24, 2.45) is 5.92 Å². The third-order valence-electron chi connectivity index (χ3n) is 5.54. The standard InChI is InChI=1S/C21H23NO3/c1-24-19-11-8-14(12-20(19)25-2)21-17-10-9-16(13-18(17)23)22(21)15-6-4-3-5-7-15/h3-8,11-12,16-17,21H,9-10,13H2,1-2H3/t16-,17+,21-/m0/s1. The Morgan fingerprint density at radius 2 is 1.72 bits per heavy atom. The number of ketones is 1. The first-order chi connectivity index (χ1) is 12.2. The van der Waals surface area contributed by atoms with E-state index in [2.05, 4.69) is 35.2 Å². The van der Waals surface area contributed by atoms with Crippen LogP contribution in [-0.4, -0.2) is 26.0 Å². The number of anilines is 1. The fourth-order valence-corrected chi connectivity index (χ4v) is 4.41. The lowest BCUT2D eigenvalue weighted by Gasteiger charge is -2.52. The second kappa shape index (κ2) is 6.43. The smallest absolute Gasteiger partial charge is 0.161 e. The SMILES string of the molecule is COc1ccc([C@H]2[C@@H]3CC[C@@H](CC3=O)N2c2ccccc2)cc1OC. The summed E-state index contributed by atoms with van der Waals surface area (Å²) >= 11 is 0. The molecule has 3 atom stereocenters. The van der Waals surface area contributed by atoms with Crippen molar-refractivity contribution in [3.63, 3.8) is 0 Å². The second-order valence-electron chi connectivity index (χ2n) is 6.81. The average Bonchev–Trinajstić information content (AvgIpc) is 2.67. The molecule has 4 heteroatoms. The average molecular weight is 337 g/mol. The van der Waals surface area contributed by atoms with Crippen LogP contribution in [0.4, 0.5) is 5.69 Å². The molecule has 0 radical (unpaired) electrons. The molecule has 0 N–H and O–H groups in total. The van der Waals surface area contributed by atoms with Crippen molar-refractivity contribution in [1.29, 1.82) is 0 Å². The molecule has 130 valence electrons. The number of piperidine rings is 2. The Hall–Kier alpha value is -2.49. The maximum atomic E-state index is 12.6. The van der Waals surface area contributed by atoms with Gasteiger partial charge in [-0.15, -0.1) is 0 Å². The first-order valence-corrected chi connectivity index (χ1v) is 8.81. The molecule has 2 saturated heterocycles. The molecule has 3 fully saturated rings. The molecular formula is C21H23NO3. The third-order valence-corrected chi connectivity index (χ3v) is 5.54. The highest BCUT2D eigenvalue weighted by Crippen LogP contribution is 2.48. The molecule has 2 aromatic carbocycles. The molecule has 3 aliphatic rings. The number of fused-ring (bicyclic) bond motifs is 3. The molecule has 0 unspecified atom stereocenters. The van der Waals surface area contributed by atoms with Crippen LogP contribution in [0.25, 0.3) is 0 Å². The van der Waals surface area contributed by atoms with Gasteiger partial charge in [0, 0.05) is 24.1 Å². The molecule has 0 amide bonds. The van der Waals surface area contributed by atoms with Crippen LogP contribution >= 0.6 is 0 Å². The summed E-state index contributed by atoms with van der Waals surface area (Å²) in [5.41, 5.74) is 2.30. The highest BCUT2D eigenvalue weighted by atomic mass is 16.5. The van der Waals surface area contributed by atoms with Crippen molar-refractivity contribution >= 4 is 11.5 Å². The summed E-state index contributed by atoms with van der Waals surface area (Å²) in [5.74, 6) is 1.86. The van der Waals surface area contributed by atoms with Gasteiger partial charge in [0.15, 0.2) is 11.5 Å². The third kappa shape index (κ3) is 2.66. The molecule has 0 aromatic heterocycles. The van der Waals surface area contributed by atoms with Gasteiger partial charge in [0.25, 0.3) is 0 Å². The number of methoxy groups -OCH3 is 2. The number of ether oxygens (including phenoxy) is 2. The van der Waals surface area contributed by atoms with E-state index in [1.165, 1.54) is 5.69 Å². The van der Waals surface area contributed by atoms with Crippen molar-refractivity contribution in [3.8, 4) is 11.5 Å². The highest BCUT2D eigenvalue weighted by molar-refractivity contribution is 5.86. The van der Waals surface area contributed by atoms with Gasteiger partial charge in [-0.2, -0.15) is 0 Å². The number of Topliss-reactive ketones (excluding diaryl/α,β-unsaturated/α-hetero) is 1. The molecular weight excluding hydrogens is 314 g/mol. The first kappa shape index (κ1) is 16.0. The van der Waals surface area contributed by atoms with Crippen LogP contribution in [0, 0.1) is 5.92 Å². The predicted molar refractivity (Wildman–Crippen MR) is 97.3 cm³/mol. The summed E-state index contributed by atoms with van der Waals surface area (Å²) in [6.07, 6.45) is 2.70. The van der Waals surface area contributed by atoms with Crippen LogP contribution in [0.1, 0.15) is 30.9 Å². The summed E-state index contributed by atoms with van der Waals surface area (Å²) < 4.78 is 10.9. The zero-order valence-electron chi connectivity index (χ0n) is 14.6. The van der Waals surface area contributed by atoms with E-state index in [4.69, 9.17) is 9.47 Å². The number of benzene rings is 2. The number of rotatable bonds is 4. The van der Waals surface area contributed by atoms with E-state index in [0.29, 0.717) is 23.7 Å². The molecule has 1 saturated carbocycles. The Morgan fingerprint density at radius 1 is 0.960 bits per heavy atom. The van der Waals surface area contributed by atoms with Gasteiger partial charge in [0.1, 0.15) is 5.78 Å². The lowest BCUT2D eigenvalue weighted by molar-refractivity contribution is -0.128. The molecule has 2 bridgehead atoms. The monoisotopic (exact) mass is 337 g/mol. The van der Waals surface area contributed by atoms with Crippen molar-refractivity contribution in [3.05, 3.63) is 54.1 Å². The van der Waals surface area contributed by atoms with Gasteiger partial charge in [-0.25, -0.2) is 0 Å². The molecule has 2 aromatic rings. The molecule has 5 rings (SSSR count). The normalized spacial score (nSPS) is 25.1. The Morgan fingerprint density at radius 3 is 2.40 bits per heavy atom. The van der Waals surface area contributed by atoms with Crippen LogP contribution in [0.3, 0.4) is 0 Å². The molecule has 4 nitrogen and oxygen atoms in total. The number of para-hydroxylation sites is 1. The zero-order valence-corrected chi connectivity index (χ0v) is 14.6. The topological polar surface area (TPSA) is 38.8 Å². The Kier molecular flexibility index (Phi) is 4.12. The van der Waals surface area contributed by atoms with Gasteiger partial charge in [-0.3, -0.25) is 4.79 Å². The number of carbonyl (C=O) groups excluding carboxylic acids is 1. The van der Waals surface area contributed by atoms with Crippen LogP contribution in [0.2, 0.25) is 0 Å². The van der Waals surface area contributed by atoms with E-state index >= 15 is 0 Å². The minimum absolute atomic E-state index is 0.0447. The largest absolute Gasteiger partial charge is 0.493 e. The zero-order chi connectivity index (χ0) is 17.4. The highest BCUT2D eigenvalue weighted by Gasteiger charge is 2.47. The number of hydrogen-bond donors (Lipinski definition) is 0. The van der Waals surface area contributed by atoms with Crippen molar-refractivity contribution in [1.82, 2.24) is 0 Å². The van der Waals surface area contributed by atoms with Gasteiger partial charge >= 0.3 is 0 Å². The van der Waals surface area contributed by atoms with E-state index in [1.54, 1.807) is 14.2 Å².